The van der Waals surface area contributed by atoms with Crippen LogP contribution in [0, 0.1) is 0 Å². The van der Waals surface area contributed by atoms with Gasteiger partial charge in [0.1, 0.15) is 5.75 Å². The van der Waals surface area contributed by atoms with Crippen molar-refractivity contribution in [3.63, 3.8) is 0 Å². The van der Waals surface area contributed by atoms with Gasteiger partial charge in [0.2, 0.25) is 10.0 Å². The summed E-state index contributed by atoms with van der Waals surface area (Å²) in [7, 11) is -5.99. The molecule has 3 aromatic rings. The van der Waals surface area contributed by atoms with Crippen molar-refractivity contribution in [3.05, 3.63) is 82.9 Å². The number of nitrogens with zero attached hydrogens (tertiary/aromatic N) is 1. The predicted molar refractivity (Wildman–Crippen MR) is 123 cm³/mol. The summed E-state index contributed by atoms with van der Waals surface area (Å²) in [6.45, 7) is 0.493. The molecule has 3 aromatic carbocycles. The summed E-state index contributed by atoms with van der Waals surface area (Å²) in [5.41, 5.74) is 2.11. The van der Waals surface area contributed by atoms with Crippen LogP contribution in [0.3, 0.4) is 0 Å². The number of hydrogen-bond acceptors (Lipinski definition) is 5. The van der Waals surface area contributed by atoms with Crippen molar-refractivity contribution in [3.8, 4) is 5.75 Å². The quantitative estimate of drug-likeness (QED) is 0.563. The lowest BCUT2D eigenvalue weighted by Crippen LogP contribution is -2.36. The Morgan fingerprint density at radius 1 is 0.875 bits per heavy atom. The lowest BCUT2D eigenvalue weighted by atomic mass is 10.0. The van der Waals surface area contributed by atoms with E-state index in [9.17, 15) is 16.8 Å². The molecule has 0 atom stereocenters. The number of benzene rings is 3. The second kappa shape index (κ2) is 8.74. The zero-order valence-electron chi connectivity index (χ0n) is 17.2. The van der Waals surface area contributed by atoms with Crippen LogP contribution in [0.5, 0.6) is 5.75 Å². The largest absolute Gasteiger partial charge is 0.497 e. The summed E-state index contributed by atoms with van der Waals surface area (Å²) in [4.78, 5) is 0.268. The van der Waals surface area contributed by atoms with Crippen LogP contribution in [0.1, 0.15) is 11.1 Å². The number of halogens is 1. The average Bonchev–Trinajstić information content (AvgIpc) is 2.78. The first-order valence-electron chi connectivity index (χ1n) is 9.73. The number of sulfonamides is 2. The molecule has 0 bridgehead atoms. The van der Waals surface area contributed by atoms with Gasteiger partial charge in [-0.25, -0.2) is 16.8 Å². The zero-order chi connectivity index (χ0) is 22.9. The first-order valence-corrected chi connectivity index (χ1v) is 13.0. The van der Waals surface area contributed by atoms with Gasteiger partial charge >= 0.3 is 0 Å². The van der Waals surface area contributed by atoms with Crippen molar-refractivity contribution in [2.75, 3.05) is 18.4 Å². The molecule has 1 N–H and O–H groups in total. The number of fused-ring (bicyclic) bond motifs is 1. The summed E-state index contributed by atoms with van der Waals surface area (Å²) in [5.74, 6) is 0.555. The summed E-state index contributed by atoms with van der Waals surface area (Å²) in [5, 5.41) is 0.460. The average molecular weight is 493 g/mol. The fraction of sp³-hybridized carbons (Fsp3) is 0.182. The molecular formula is C22H21ClN2O5S2. The molecule has 1 heterocycles. The number of hydrogen-bond donors (Lipinski definition) is 1. The van der Waals surface area contributed by atoms with E-state index in [1.54, 1.807) is 36.4 Å². The summed E-state index contributed by atoms with van der Waals surface area (Å²) < 4.78 is 60.5. The normalized spacial score (nSPS) is 14.6. The Morgan fingerprint density at radius 3 is 2.19 bits per heavy atom. The second-order valence-electron chi connectivity index (χ2n) is 7.31. The highest BCUT2D eigenvalue weighted by molar-refractivity contribution is 7.92. The Hall–Kier alpha value is -2.59. The number of methoxy groups -OCH3 is 1. The highest BCUT2D eigenvalue weighted by atomic mass is 35.5. The van der Waals surface area contributed by atoms with E-state index in [1.807, 2.05) is 6.07 Å². The van der Waals surface area contributed by atoms with E-state index >= 15 is 0 Å². The molecule has 168 valence electrons. The van der Waals surface area contributed by atoms with Gasteiger partial charge in [-0.1, -0.05) is 17.7 Å². The molecule has 0 spiro atoms. The van der Waals surface area contributed by atoms with Gasteiger partial charge < -0.3 is 4.74 Å². The third-order valence-corrected chi connectivity index (χ3v) is 8.77. The molecule has 0 aromatic heterocycles. The lowest BCUT2D eigenvalue weighted by molar-refractivity contribution is 0.391. The van der Waals surface area contributed by atoms with Crippen molar-refractivity contribution in [2.24, 2.45) is 0 Å². The fourth-order valence-corrected chi connectivity index (χ4v) is 6.12. The molecule has 0 unspecified atom stereocenters. The molecule has 0 saturated carbocycles. The predicted octanol–water partition coefficient (Wildman–Crippen LogP) is 3.90. The van der Waals surface area contributed by atoms with Gasteiger partial charge in [-0.3, -0.25) is 4.72 Å². The van der Waals surface area contributed by atoms with E-state index in [0.717, 1.165) is 11.1 Å². The van der Waals surface area contributed by atoms with Crippen molar-refractivity contribution >= 4 is 37.3 Å². The maximum atomic E-state index is 13.0. The van der Waals surface area contributed by atoms with Crippen LogP contribution in [0.25, 0.3) is 0 Å². The fourth-order valence-electron chi connectivity index (χ4n) is 3.52. The SMILES string of the molecule is COc1ccc(S(=O)(=O)Nc2ccc3c(c2)CN(S(=O)(=O)c2ccc(Cl)cc2)CC3)cc1. The smallest absolute Gasteiger partial charge is 0.261 e. The Morgan fingerprint density at radius 2 is 1.53 bits per heavy atom. The van der Waals surface area contributed by atoms with Gasteiger partial charge in [0.25, 0.3) is 10.0 Å². The van der Waals surface area contributed by atoms with E-state index in [1.165, 1.54) is 35.7 Å². The maximum Gasteiger partial charge on any atom is 0.261 e. The number of rotatable bonds is 6. The molecule has 0 radical (unpaired) electrons. The van der Waals surface area contributed by atoms with Crippen molar-refractivity contribution in [1.29, 1.82) is 0 Å². The van der Waals surface area contributed by atoms with Crippen LogP contribution >= 0.6 is 11.6 Å². The minimum absolute atomic E-state index is 0.1000. The van der Waals surface area contributed by atoms with Gasteiger partial charge in [-0.2, -0.15) is 4.31 Å². The molecule has 7 nitrogen and oxygen atoms in total. The van der Waals surface area contributed by atoms with Crippen molar-refractivity contribution in [2.45, 2.75) is 22.8 Å². The highest BCUT2D eigenvalue weighted by Crippen LogP contribution is 2.28. The zero-order valence-corrected chi connectivity index (χ0v) is 19.5. The molecule has 0 fully saturated rings. The summed E-state index contributed by atoms with van der Waals surface area (Å²) in [6.07, 6.45) is 0.535. The molecule has 32 heavy (non-hydrogen) atoms. The first kappa shape index (κ1) is 22.6. The molecule has 0 aliphatic carbocycles. The molecular weight excluding hydrogens is 472 g/mol. The molecule has 0 amide bonds. The Labute approximate surface area is 192 Å². The topological polar surface area (TPSA) is 92.8 Å². The van der Waals surface area contributed by atoms with Gasteiger partial charge in [-0.15, -0.1) is 0 Å². The standard InChI is InChI=1S/C22H21ClN2O5S2/c1-30-20-6-10-21(11-7-20)31(26,27)24-19-5-2-16-12-13-25(15-17(16)14-19)32(28,29)22-8-3-18(23)4-9-22/h2-11,14,24H,12-13,15H2,1H3. The molecule has 0 saturated heterocycles. The van der Waals surface area contributed by atoms with Crippen LogP contribution in [-0.2, 0) is 33.0 Å². The Balaban J connectivity index is 1.56. The van der Waals surface area contributed by atoms with E-state index < -0.39 is 20.0 Å². The molecule has 1 aliphatic rings. The van der Waals surface area contributed by atoms with Gasteiger partial charge in [0.05, 0.1) is 16.9 Å². The number of nitrogens with one attached hydrogen (secondary N) is 1. The second-order valence-corrected chi connectivity index (χ2v) is 11.4. The number of anilines is 1. The maximum absolute atomic E-state index is 13.0. The van der Waals surface area contributed by atoms with Crippen molar-refractivity contribution in [1.82, 2.24) is 4.31 Å². The van der Waals surface area contributed by atoms with Gasteiger partial charge in [0, 0.05) is 23.8 Å². The van der Waals surface area contributed by atoms with Crippen LogP contribution in [0.4, 0.5) is 5.69 Å². The van der Waals surface area contributed by atoms with E-state index in [-0.39, 0.29) is 16.3 Å². The van der Waals surface area contributed by atoms with Gasteiger partial charge in [-0.05, 0) is 78.2 Å². The minimum atomic E-state index is -3.80. The monoisotopic (exact) mass is 492 g/mol. The van der Waals surface area contributed by atoms with Crippen LogP contribution in [0.15, 0.2) is 76.5 Å². The lowest BCUT2D eigenvalue weighted by Gasteiger charge is -2.28. The third-order valence-electron chi connectivity index (χ3n) is 5.26. The molecule has 4 rings (SSSR count). The van der Waals surface area contributed by atoms with Crippen LogP contribution < -0.4 is 9.46 Å². The van der Waals surface area contributed by atoms with E-state index in [4.69, 9.17) is 16.3 Å². The summed E-state index contributed by atoms with van der Waals surface area (Å²) in [6, 6.07) is 17.3. The number of ether oxygens (including phenoxy) is 1. The van der Waals surface area contributed by atoms with Crippen molar-refractivity contribution < 1.29 is 21.6 Å². The van der Waals surface area contributed by atoms with Crippen LogP contribution in [-0.4, -0.2) is 34.8 Å². The minimum Gasteiger partial charge on any atom is -0.497 e. The Bertz CT molecular complexity index is 1340. The Kier molecular flexibility index (Phi) is 6.17. The first-order chi connectivity index (χ1) is 15.2. The summed E-state index contributed by atoms with van der Waals surface area (Å²) >= 11 is 5.87. The third kappa shape index (κ3) is 4.61. The molecule has 1 aliphatic heterocycles. The van der Waals surface area contributed by atoms with E-state index in [0.29, 0.717) is 29.4 Å². The highest BCUT2D eigenvalue weighted by Gasteiger charge is 2.28. The van der Waals surface area contributed by atoms with E-state index in [2.05, 4.69) is 4.72 Å². The molecule has 10 heteroatoms. The van der Waals surface area contributed by atoms with Gasteiger partial charge in [0.15, 0.2) is 0 Å². The van der Waals surface area contributed by atoms with Crippen LogP contribution in [0.2, 0.25) is 5.02 Å².